The lowest BCUT2D eigenvalue weighted by molar-refractivity contribution is -0.142. The number of ether oxygens (including phenoxy) is 6. The maximum absolute atomic E-state index is 13.1. The molecule has 0 saturated heterocycles. The number of rotatable bonds is 11. The summed E-state index contributed by atoms with van der Waals surface area (Å²) in [7, 11) is 3.01. The van der Waals surface area contributed by atoms with E-state index in [1.807, 2.05) is 25.1 Å². The molecule has 0 spiro atoms. The summed E-state index contributed by atoms with van der Waals surface area (Å²) in [6.07, 6.45) is 0.806. The number of fused-ring (bicyclic) bond motifs is 2. The van der Waals surface area contributed by atoms with Crippen molar-refractivity contribution >= 4 is 11.9 Å². The number of benzene rings is 3. The van der Waals surface area contributed by atoms with Crippen molar-refractivity contribution in [3.8, 4) is 34.5 Å². The number of hydrogen-bond acceptors (Lipinski definition) is 8. The molecule has 2 N–H and O–H groups in total. The molecule has 1 aliphatic carbocycles. The standard InChI is InChI=1S/C30H30O10/c1-4-9-37-17-6-7-18-20(10-17)28(19-8-5-16(35-2)11-23(19)38-14-26(31)32)29(30(33)34)27(18)21-12-24-25(40-15-39-24)13-22(21)36-3/h5-8,10-13,27-29H,4,9,14-15H2,1-3H3,(H,31,32)(H,33,34). The zero-order chi connectivity index (χ0) is 28.4. The minimum Gasteiger partial charge on any atom is -0.497 e. The number of methoxy groups -OCH3 is 2. The van der Waals surface area contributed by atoms with Gasteiger partial charge < -0.3 is 38.6 Å². The third-order valence-electron chi connectivity index (χ3n) is 7.17. The Balaban J connectivity index is 1.73. The first-order valence-electron chi connectivity index (χ1n) is 12.9. The average molecular weight is 551 g/mol. The van der Waals surface area contributed by atoms with Gasteiger partial charge in [0.2, 0.25) is 6.79 Å². The molecule has 1 aliphatic heterocycles. The van der Waals surface area contributed by atoms with E-state index in [1.54, 1.807) is 30.3 Å². The lowest BCUT2D eigenvalue weighted by atomic mass is 9.79. The molecule has 0 bridgehead atoms. The molecule has 3 atom stereocenters. The van der Waals surface area contributed by atoms with Crippen molar-refractivity contribution in [3.05, 3.63) is 70.8 Å². The quantitative estimate of drug-likeness (QED) is 0.348. The minimum atomic E-state index is -1.16. The van der Waals surface area contributed by atoms with Gasteiger partial charge in [0.25, 0.3) is 0 Å². The number of hydrogen-bond donors (Lipinski definition) is 2. The van der Waals surface area contributed by atoms with Crippen LogP contribution in [0.3, 0.4) is 0 Å². The molecule has 10 heteroatoms. The van der Waals surface area contributed by atoms with Gasteiger partial charge in [-0.15, -0.1) is 0 Å². The lowest BCUT2D eigenvalue weighted by Gasteiger charge is -2.25. The van der Waals surface area contributed by atoms with E-state index in [0.29, 0.717) is 46.5 Å². The minimum absolute atomic E-state index is 0.0580. The van der Waals surface area contributed by atoms with Crippen molar-refractivity contribution in [3.63, 3.8) is 0 Å². The predicted molar refractivity (Wildman–Crippen MR) is 142 cm³/mol. The molecule has 0 fully saturated rings. The Hall–Kier alpha value is -4.60. The normalized spacial score (nSPS) is 18.6. The fourth-order valence-electron chi connectivity index (χ4n) is 5.52. The van der Waals surface area contributed by atoms with Crippen LogP contribution in [0.4, 0.5) is 0 Å². The Morgan fingerprint density at radius 1 is 0.800 bits per heavy atom. The van der Waals surface area contributed by atoms with Crippen molar-refractivity contribution in [2.24, 2.45) is 5.92 Å². The van der Waals surface area contributed by atoms with E-state index < -0.39 is 36.3 Å². The van der Waals surface area contributed by atoms with Gasteiger partial charge >= 0.3 is 11.9 Å². The summed E-state index contributed by atoms with van der Waals surface area (Å²) in [5.41, 5.74) is 2.66. The maximum atomic E-state index is 13.1. The first kappa shape index (κ1) is 27.0. The van der Waals surface area contributed by atoms with Crippen LogP contribution in [-0.2, 0) is 9.59 Å². The Kier molecular flexibility index (Phi) is 7.59. The summed E-state index contributed by atoms with van der Waals surface area (Å²) < 4.78 is 33.8. The van der Waals surface area contributed by atoms with Crippen LogP contribution in [0.15, 0.2) is 48.5 Å². The first-order valence-corrected chi connectivity index (χ1v) is 12.9. The Morgan fingerprint density at radius 3 is 2.17 bits per heavy atom. The van der Waals surface area contributed by atoms with Crippen LogP contribution in [0, 0.1) is 5.92 Å². The molecule has 210 valence electrons. The predicted octanol–water partition coefficient (Wildman–Crippen LogP) is 4.66. The highest BCUT2D eigenvalue weighted by Crippen LogP contribution is 2.57. The van der Waals surface area contributed by atoms with Crippen LogP contribution in [0.25, 0.3) is 0 Å². The largest absolute Gasteiger partial charge is 0.497 e. The summed E-state index contributed by atoms with van der Waals surface area (Å²) in [6.45, 7) is 1.96. The van der Waals surface area contributed by atoms with Gasteiger partial charge in [-0.3, -0.25) is 4.79 Å². The summed E-state index contributed by atoms with van der Waals surface area (Å²) in [5.74, 6) is -1.80. The van der Waals surface area contributed by atoms with Gasteiger partial charge in [0.15, 0.2) is 18.1 Å². The number of carboxylic acid groups (broad SMARTS) is 2. The molecule has 0 saturated carbocycles. The Labute approximate surface area is 231 Å². The molecule has 0 radical (unpaired) electrons. The molecule has 40 heavy (non-hydrogen) atoms. The molecule has 3 aromatic rings. The third-order valence-corrected chi connectivity index (χ3v) is 7.17. The summed E-state index contributed by atoms with van der Waals surface area (Å²) in [4.78, 5) is 24.5. The van der Waals surface area contributed by atoms with Gasteiger partial charge in [0, 0.05) is 35.1 Å². The summed E-state index contributed by atoms with van der Waals surface area (Å²) in [6, 6.07) is 14.0. The Bertz CT molecular complexity index is 1430. The molecular weight excluding hydrogens is 520 g/mol. The second kappa shape index (κ2) is 11.3. The fraction of sp³-hybridized carbons (Fsp3) is 0.333. The van der Waals surface area contributed by atoms with Crippen molar-refractivity contribution in [2.45, 2.75) is 25.2 Å². The van der Waals surface area contributed by atoms with Crippen LogP contribution in [0.1, 0.15) is 47.4 Å². The van der Waals surface area contributed by atoms with Crippen LogP contribution in [0.5, 0.6) is 34.5 Å². The summed E-state index contributed by atoms with van der Waals surface area (Å²) >= 11 is 0. The van der Waals surface area contributed by atoms with Gasteiger partial charge in [-0.25, -0.2) is 4.79 Å². The second-order valence-corrected chi connectivity index (χ2v) is 9.49. The van der Waals surface area contributed by atoms with Crippen LogP contribution >= 0.6 is 0 Å². The number of carbonyl (C=O) groups is 2. The molecule has 0 aromatic heterocycles. The molecule has 1 heterocycles. The van der Waals surface area contributed by atoms with E-state index in [0.717, 1.165) is 17.5 Å². The summed E-state index contributed by atoms with van der Waals surface area (Å²) in [5, 5.41) is 20.0. The van der Waals surface area contributed by atoms with E-state index in [2.05, 4.69) is 0 Å². The highest BCUT2D eigenvalue weighted by atomic mass is 16.7. The van der Waals surface area contributed by atoms with Gasteiger partial charge in [0.05, 0.1) is 26.7 Å². The zero-order valence-electron chi connectivity index (χ0n) is 22.3. The smallest absolute Gasteiger partial charge is 0.341 e. The van der Waals surface area contributed by atoms with Crippen LogP contribution < -0.4 is 28.4 Å². The van der Waals surface area contributed by atoms with Crippen LogP contribution in [0.2, 0.25) is 0 Å². The molecule has 10 nitrogen and oxygen atoms in total. The van der Waals surface area contributed by atoms with Crippen molar-refractivity contribution in [2.75, 3.05) is 34.2 Å². The van der Waals surface area contributed by atoms with E-state index in [9.17, 15) is 19.8 Å². The van der Waals surface area contributed by atoms with E-state index >= 15 is 0 Å². The fourth-order valence-corrected chi connectivity index (χ4v) is 5.52. The van der Waals surface area contributed by atoms with Crippen molar-refractivity contribution < 1.29 is 48.2 Å². The maximum Gasteiger partial charge on any atom is 0.341 e. The van der Waals surface area contributed by atoms with E-state index in [4.69, 9.17) is 28.4 Å². The number of aliphatic carboxylic acids is 2. The SMILES string of the molecule is CCCOc1ccc2c(c1)C(c1ccc(OC)cc1OCC(=O)O)C(C(=O)O)C2c1cc2c(cc1OC)OCO2. The molecule has 3 unspecified atom stereocenters. The van der Waals surface area contributed by atoms with Gasteiger partial charge in [-0.05, 0) is 41.8 Å². The van der Waals surface area contributed by atoms with Crippen LogP contribution in [-0.4, -0.2) is 56.4 Å². The highest BCUT2D eigenvalue weighted by molar-refractivity contribution is 5.79. The average Bonchev–Trinajstić information content (AvgIpc) is 3.55. The molecule has 2 aliphatic rings. The molecule has 3 aromatic carbocycles. The highest BCUT2D eigenvalue weighted by Gasteiger charge is 2.49. The van der Waals surface area contributed by atoms with Crippen molar-refractivity contribution in [1.29, 1.82) is 0 Å². The van der Waals surface area contributed by atoms with E-state index in [-0.39, 0.29) is 12.5 Å². The Morgan fingerprint density at radius 2 is 1.50 bits per heavy atom. The molecule has 5 rings (SSSR count). The topological polar surface area (TPSA) is 130 Å². The number of carboxylic acids is 2. The lowest BCUT2D eigenvalue weighted by Crippen LogP contribution is -2.25. The molecular formula is C30H30O10. The third kappa shape index (κ3) is 4.92. The molecule has 0 amide bonds. The van der Waals surface area contributed by atoms with Gasteiger partial charge in [0.1, 0.15) is 23.0 Å². The second-order valence-electron chi connectivity index (χ2n) is 9.49. The van der Waals surface area contributed by atoms with Crippen molar-refractivity contribution in [1.82, 2.24) is 0 Å². The van der Waals surface area contributed by atoms with Gasteiger partial charge in [-0.1, -0.05) is 19.1 Å². The zero-order valence-corrected chi connectivity index (χ0v) is 22.3. The monoisotopic (exact) mass is 550 g/mol. The van der Waals surface area contributed by atoms with E-state index in [1.165, 1.54) is 14.2 Å². The first-order chi connectivity index (χ1) is 19.4. The van der Waals surface area contributed by atoms with Gasteiger partial charge in [-0.2, -0.15) is 0 Å².